The number of hydrogen-bond donors (Lipinski definition) is 6. The molecule has 68 heavy (non-hydrogen) atoms. The quantitative estimate of drug-likeness (QED) is 0.0665. The summed E-state index contributed by atoms with van der Waals surface area (Å²) in [4.78, 5) is 39.1. The molecule has 0 aliphatic heterocycles. The van der Waals surface area contributed by atoms with E-state index in [1.165, 1.54) is 86.9 Å². The first-order valence-corrected chi connectivity index (χ1v) is 24.0. The van der Waals surface area contributed by atoms with E-state index in [1.807, 2.05) is 27.7 Å². The molecule has 24 heteroatoms. The van der Waals surface area contributed by atoms with Crippen LogP contribution in [-0.2, 0) is 29.6 Å². The normalized spacial score (nSPS) is 13.5. The largest absolute Gasteiger partial charge is 2.00 e. The number of carboxylic acid groups (broad SMARTS) is 2. The van der Waals surface area contributed by atoms with Crippen LogP contribution in [0.15, 0.2) is 60.7 Å². The van der Waals surface area contributed by atoms with E-state index in [4.69, 9.17) is 10.2 Å². The van der Waals surface area contributed by atoms with Crippen molar-refractivity contribution in [2.75, 3.05) is 35.2 Å². The second-order valence-electron chi connectivity index (χ2n) is 16.0. The first-order valence-electron chi connectivity index (χ1n) is 20.3. The van der Waals surface area contributed by atoms with Gasteiger partial charge in [0.1, 0.15) is 11.6 Å². The summed E-state index contributed by atoms with van der Waals surface area (Å²) in [5.74, 6) is -3.74. The molecule has 0 aliphatic carbocycles. The van der Waals surface area contributed by atoms with Gasteiger partial charge in [0.05, 0.1) is 72.5 Å². The molecule has 18 nitrogen and oxygen atoms in total. The zero-order valence-corrected chi connectivity index (χ0v) is 46.3. The second kappa shape index (κ2) is 28.1. The zero-order chi connectivity index (χ0) is 49.8. The topological polar surface area (TPSA) is 282 Å². The van der Waals surface area contributed by atoms with Crippen LogP contribution in [0.1, 0.15) is 93.4 Å². The van der Waals surface area contributed by atoms with Gasteiger partial charge in [-0.05, 0) is 60.4 Å². The van der Waals surface area contributed by atoms with Crippen molar-refractivity contribution in [2.24, 2.45) is 0 Å². The maximum Gasteiger partial charge on any atom is 2.00 e. The fraction of sp³-hybridized carbons (Fsp3) is 0.409. The number of hydrogen-bond acceptors (Lipinski definition) is 14. The molecule has 4 rings (SSSR count). The summed E-state index contributed by atoms with van der Waals surface area (Å²) in [5, 5.41) is 57.6. The van der Waals surface area contributed by atoms with Gasteiger partial charge in [-0.25, -0.2) is 54.2 Å². The van der Waals surface area contributed by atoms with Crippen molar-refractivity contribution in [1.82, 2.24) is 19.9 Å². The zero-order valence-electron chi connectivity index (χ0n) is 43.0. The van der Waals surface area contributed by atoms with E-state index in [0.29, 0.717) is 45.0 Å². The molecule has 0 bridgehead atoms. The van der Waals surface area contributed by atoms with E-state index in [-0.39, 0.29) is 126 Å². The van der Waals surface area contributed by atoms with E-state index in [1.54, 1.807) is 0 Å². The van der Waals surface area contributed by atoms with Crippen LogP contribution in [0.4, 0.5) is 20.7 Å². The standard InChI is InChI=1S/2C22H28FN3O6S.Ca.Sr.4H/c2*1-13(2)20-18(10-9-16(27)11-17(28)12-19(29)30)21(14-5-7-15(23)8-6-14)25-22(24-20)26(3)33(4,31)32;;;;;;/h2*5-10,13,16-17,27-28H,11-12H2,1-4H3,(H,29,30);;;;;;/q;;2*+2;4*-1/t2*16-,17-;;;;;;/m11....../s1. The van der Waals surface area contributed by atoms with Crippen LogP contribution in [-0.4, -0.2) is 214 Å². The molecule has 0 amide bonds. The minimum Gasteiger partial charge on any atom is -1.00 e. The molecule has 0 saturated heterocycles. The van der Waals surface area contributed by atoms with Crippen LogP contribution in [0.25, 0.3) is 34.7 Å². The molecule has 368 valence electrons. The Morgan fingerprint density at radius 3 is 1.16 bits per heavy atom. The Hall–Kier alpha value is -3.04. The van der Waals surface area contributed by atoms with Crippen LogP contribution in [0.5, 0.6) is 0 Å². The van der Waals surface area contributed by atoms with E-state index >= 15 is 0 Å². The van der Waals surface area contributed by atoms with Crippen LogP contribution >= 0.6 is 0 Å². The number of rotatable bonds is 20. The average molecular weight is 1090 g/mol. The monoisotopic (exact) mass is 1090 g/mol. The Morgan fingerprint density at radius 1 is 0.618 bits per heavy atom. The molecule has 2 aromatic heterocycles. The van der Waals surface area contributed by atoms with E-state index in [2.05, 4.69) is 19.9 Å². The third kappa shape index (κ3) is 19.6. The molecule has 0 unspecified atom stereocenters. The molecule has 2 heterocycles. The van der Waals surface area contributed by atoms with Gasteiger partial charge in [0.2, 0.25) is 31.9 Å². The third-order valence-corrected chi connectivity index (χ3v) is 11.9. The predicted octanol–water partition coefficient (Wildman–Crippen LogP) is 4.49. The molecule has 6 N–H and O–H groups in total. The van der Waals surface area contributed by atoms with Crippen LogP contribution < -0.4 is 8.61 Å². The number of sulfonamides is 2. The number of carboxylic acids is 2. The summed E-state index contributed by atoms with van der Waals surface area (Å²) in [6.45, 7) is 7.41. The SMILES string of the molecule is CC(C)c1nc(N(C)S(C)(=O)=O)nc(-c2ccc(F)cc2)c1C=C[C@@H](O)C[C@@H](O)CC(=O)O.CC(C)c1nc(N(C)S(C)(=O)=O)nc(-c2ccc(F)cc2)c1C=C[C@@H](O)C[C@@H](O)CC(=O)O.[Ca+2].[H-].[H-].[H-].[H-].[Sr+2]. The number of aliphatic hydroxyl groups excluding tert-OH is 4. The minimum atomic E-state index is -3.65. The van der Waals surface area contributed by atoms with Crippen molar-refractivity contribution >= 4 is 139 Å². The number of anilines is 2. The van der Waals surface area contributed by atoms with Gasteiger partial charge in [0, 0.05) is 49.2 Å². The predicted molar refractivity (Wildman–Crippen MR) is 261 cm³/mol. The van der Waals surface area contributed by atoms with Crippen LogP contribution in [0.3, 0.4) is 0 Å². The van der Waals surface area contributed by atoms with E-state index in [9.17, 15) is 55.6 Å². The first kappa shape index (κ1) is 63.0. The molecule has 0 spiro atoms. The average Bonchev–Trinajstić information content (AvgIpc) is 3.20. The number of carbonyl (C=O) groups is 2. The van der Waals surface area contributed by atoms with Crippen molar-refractivity contribution in [2.45, 2.75) is 89.6 Å². The molecule has 0 radical (unpaired) electrons. The molecule has 4 aromatic rings. The van der Waals surface area contributed by atoms with Gasteiger partial charge in [-0.1, -0.05) is 52.0 Å². The van der Waals surface area contributed by atoms with Crippen molar-refractivity contribution in [3.05, 3.63) is 94.8 Å². The summed E-state index contributed by atoms with van der Waals surface area (Å²) >= 11 is 0. The van der Waals surface area contributed by atoms with Crippen LogP contribution in [0, 0.1) is 11.6 Å². The fourth-order valence-electron chi connectivity index (χ4n) is 6.09. The Balaban J connectivity index is -0.000000593. The van der Waals surface area contributed by atoms with Gasteiger partial charge in [-0.15, -0.1) is 0 Å². The molecular formula is C44H60CaF2N6O12S2Sr. The number of nitrogens with zero attached hydrogens (tertiary/aromatic N) is 6. The Kier molecular flexibility index (Phi) is 26.0. The van der Waals surface area contributed by atoms with Gasteiger partial charge in [-0.3, -0.25) is 9.59 Å². The summed E-state index contributed by atoms with van der Waals surface area (Å²) in [7, 11) is -4.65. The number of halogens is 2. The molecule has 0 aliphatic rings. The Morgan fingerprint density at radius 2 is 0.912 bits per heavy atom. The van der Waals surface area contributed by atoms with Gasteiger partial charge in [-0.2, -0.15) is 0 Å². The fourth-order valence-corrected chi connectivity index (χ4v) is 6.85. The maximum absolute atomic E-state index is 13.5. The number of aliphatic hydroxyl groups is 4. The Bertz CT molecular complexity index is 2460. The minimum absolute atomic E-state index is 0. The molecule has 0 fully saturated rings. The van der Waals surface area contributed by atoms with E-state index in [0.717, 1.165) is 21.1 Å². The summed E-state index contributed by atoms with van der Waals surface area (Å²) in [6.07, 6.45) is 1.72. The molecule has 4 atom stereocenters. The van der Waals surface area contributed by atoms with Crippen molar-refractivity contribution < 1.29 is 71.6 Å². The van der Waals surface area contributed by atoms with E-state index < -0.39 is 80.9 Å². The van der Waals surface area contributed by atoms with Crippen LogP contribution in [0.2, 0.25) is 0 Å². The molecule has 0 saturated carbocycles. The summed E-state index contributed by atoms with van der Waals surface area (Å²) in [5.41, 5.74) is 3.60. The van der Waals surface area contributed by atoms with Gasteiger partial charge in [0.25, 0.3) is 0 Å². The van der Waals surface area contributed by atoms with Gasteiger partial charge < -0.3 is 36.3 Å². The van der Waals surface area contributed by atoms with Crippen molar-refractivity contribution in [3.8, 4) is 22.5 Å². The van der Waals surface area contributed by atoms with Crippen molar-refractivity contribution in [3.63, 3.8) is 0 Å². The van der Waals surface area contributed by atoms with Crippen molar-refractivity contribution in [1.29, 1.82) is 0 Å². The number of benzene rings is 2. The Labute approximate surface area is 468 Å². The second-order valence-corrected chi connectivity index (χ2v) is 20.0. The number of aliphatic carboxylic acids is 2. The smallest absolute Gasteiger partial charge is 1.00 e. The summed E-state index contributed by atoms with van der Waals surface area (Å²) < 4.78 is 77.2. The molecule has 2 aromatic carbocycles. The third-order valence-electron chi connectivity index (χ3n) is 9.63. The summed E-state index contributed by atoms with van der Waals surface area (Å²) in [6, 6.07) is 11.0. The van der Waals surface area contributed by atoms with Gasteiger partial charge in [0.15, 0.2) is 0 Å². The maximum atomic E-state index is 13.5. The molecular weight excluding hydrogens is 1030 g/mol. The van der Waals surface area contributed by atoms with Gasteiger partial charge >= 0.3 is 95.2 Å². The first-order chi connectivity index (χ1) is 30.6. The number of aromatic nitrogens is 4.